The fourth-order valence-corrected chi connectivity index (χ4v) is 1.75. The Balaban J connectivity index is 3.06. The van der Waals surface area contributed by atoms with Crippen LogP contribution in [0.3, 0.4) is 0 Å². The first kappa shape index (κ1) is 14.8. The van der Waals surface area contributed by atoms with Crippen LogP contribution in [0.5, 0.6) is 0 Å². The van der Waals surface area contributed by atoms with E-state index in [0.717, 1.165) is 22.4 Å². The van der Waals surface area contributed by atoms with Crippen LogP contribution in [0, 0.1) is 0 Å². The first-order chi connectivity index (χ1) is 9.22. The smallest absolute Gasteiger partial charge is 0.0393 e. The molecule has 0 bridgehead atoms. The Labute approximate surface area is 116 Å². The number of benzene rings is 1. The lowest BCUT2D eigenvalue weighted by atomic mass is 10.0. The molecule has 1 nitrogen and oxygen atoms in total. The predicted molar refractivity (Wildman–Crippen MR) is 85.5 cm³/mol. The van der Waals surface area contributed by atoms with Gasteiger partial charge >= 0.3 is 0 Å². The van der Waals surface area contributed by atoms with Crippen molar-refractivity contribution in [1.82, 2.24) is 0 Å². The van der Waals surface area contributed by atoms with Crippen molar-refractivity contribution in [2.75, 3.05) is 0 Å². The molecule has 0 radical (unpaired) electrons. The van der Waals surface area contributed by atoms with Gasteiger partial charge in [0.25, 0.3) is 0 Å². The second-order valence-electron chi connectivity index (χ2n) is 4.05. The molecule has 98 valence electrons. The summed E-state index contributed by atoms with van der Waals surface area (Å²) in [5.41, 5.74) is 10.2. The average molecular weight is 251 g/mol. The zero-order valence-corrected chi connectivity index (χ0v) is 11.6. The Morgan fingerprint density at radius 3 is 2.21 bits per heavy atom. The van der Waals surface area contributed by atoms with Crippen LogP contribution < -0.4 is 5.73 Å². The number of hydrogen-bond donors (Lipinski definition) is 1. The molecule has 1 rings (SSSR count). The third-order valence-electron chi connectivity index (χ3n) is 2.79. The summed E-state index contributed by atoms with van der Waals surface area (Å²) in [6.45, 7) is 7.71. The Morgan fingerprint density at radius 1 is 1.05 bits per heavy atom. The van der Waals surface area contributed by atoms with E-state index in [9.17, 15) is 0 Å². The van der Waals surface area contributed by atoms with Gasteiger partial charge in [-0.15, -0.1) is 0 Å². The highest BCUT2D eigenvalue weighted by Gasteiger charge is 2.00. The van der Waals surface area contributed by atoms with Gasteiger partial charge in [0.2, 0.25) is 0 Å². The Bertz CT molecular complexity index is 528. The molecule has 0 fully saturated rings. The molecule has 2 N–H and O–H groups in total. The lowest BCUT2D eigenvalue weighted by molar-refractivity contribution is 1.44. The second kappa shape index (κ2) is 7.93. The number of rotatable bonds is 5. The van der Waals surface area contributed by atoms with Crippen LogP contribution in [-0.2, 0) is 0 Å². The van der Waals surface area contributed by atoms with Crippen LogP contribution in [0.25, 0.3) is 5.70 Å². The molecule has 1 aromatic carbocycles. The van der Waals surface area contributed by atoms with E-state index in [1.807, 2.05) is 62.4 Å². The summed E-state index contributed by atoms with van der Waals surface area (Å²) in [7, 11) is 0. The van der Waals surface area contributed by atoms with Gasteiger partial charge in [0.05, 0.1) is 0 Å². The molecule has 0 aromatic heterocycles. The first-order valence-electron chi connectivity index (χ1n) is 6.37. The summed E-state index contributed by atoms with van der Waals surface area (Å²) >= 11 is 0. The Morgan fingerprint density at radius 2 is 1.68 bits per heavy atom. The van der Waals surface area contributed by atoms with Gasteiger partial charge in [0.1, 0.15) is 0 Å². The molecule has 0 aliphatic heterocycles. The minimum atomic E-state index is 0.764. The molecule has 0 unspecified atom stereocenters. The van der Waals surface area contributed by atoms with Gasteiger partial charge in [0.15, 0.2) is 0 Å². The highest BCUT2D eigenvalue weighted by molar-refractivity contribution is 5.68. The maximum atomic E-state index is 6.14. The minimum Gasteiger partial charge on any atom is -0.398 e. The molecule has 0 amide bonds. The second-order valence-corrected chi connectivity index (χ2v) is 4.05. The molecule has 1 aromatic rings. The van der Waals surface area contributed by atoms with Crippen molar-refractivity contribution in [3.63, 3.8) is 0 Å². The summed E-state index contributed by atoms with van der Waals surface area (Å²) < 4.78 is 0. The SMILES string of the molecule is C=C\C=C/C(=C\C)C(/C=C(\N)c1ccccc1)=C/C. The van der Waals surface area contributed by atoms with Crippen molar-refractivity contribution in [2.45, 2.75) is 13.8 Å². The van der Waals surface area contributed by atoms with Crippen molar-refractivity contribution in [3.05, 3.63) is 90.1 Å². The van der Waals surface area contributed by atoms with Crippen molar-refractivity contribution in [1.29, 1.82) is 0 Å². The fraction of sp³-hybridized carbons (Fsp3) is 0.111. The maximum Gasteiger partial charge on any atom is 0.0393 e. The van der Waals surface area contributed by atoms with Crippen LogP contribution in [-0.4, -0.2) is 0 Å². The molecular weight excluding hydrogens is 230 g/mol. The van der Waals surface area contributed by atoms with Crippen LogP contribution in [0.2, 0.25) is 0 Å². The van der Waals surface area contributed by atoms with Crippen molar-refractivity contribution >= 4 is 5.70 Å². The van der Waals surface area contributed by atoms with E-state index >= 15 is 0 Å². The quantitative estimate of drug-likeness (QED) is 0.759. The number of nitrogens with two attached hydrogens (primary N) is 1. The van der Waals surface area contributed by atoms with Gasteiger partial charge in [0, 0.05) is 5.70 Å². The van der Waals surface area contributed by atoms with E-state index < -0.39 is 0 Å². The zero-order valence-electron chi connectivity index (χ0n) is 11.6. The van der Waals surface area contributed by atoms with E-state index in [1.165, 1.54) is 0 Å². The summed E-state index contributed by atoms with van der Waals surface area (Å²) in [4.78, 5) is 0. The predicted octanol–water partition coefficient (Wildman–Crippen LogP) is 4.62. The summed E-state index contributed by atoms with van der Waals surface area (Å²) in [5.74, 6) is 0. The van der Waals surface area contributed by atoms with Gasteiger partial charge in [-0.25, -0.2) is 0 Å². The lowest BCUT2D eigenvalue weighted by Gasteiger charge is -2.06. The molecule has 0 atom stereocenters. The van der Waals surface area contributed by atoms with Gasteiger partial charge < -0.3 is 5.73 Å². The topological polar surface area (TPSA) is 26.0 Å². The first-order valence-corrected chi connectivity index (χ1v) is 6.37. The Hall–Kier alpha value is -2.28. The van der Waals surface area contributed by atoms with E-state index in [0.29, 0.717) is 0 Å². The van der Waals surface area contributed by atoms with Crippen LogP contribution in [0.1, 0.15) is 19.4 Å². The van der Waals surface area contributed by atoms with Crippen LogP contribution >= 0.6 is 0 Å². The van der Waals surface area contributed by atoms with E-state index in [-0.39, 0.29) is 0 Å². The summed E-state index contributed by atoms with van der Waals surface area (Å²) in [5, 5.41) is 0. The molecule has 0 spiro atoms. The summed E-state index contributed by atoms with van der Waals surface area (Å²) in [6, 6.07) is 9.97. The molecule has 0 aliphatic rings. The molecule has 0 heterocycles. The zero-order chi connectivity index (χ0) is 14.1. The third-order valence-corrected chi connectivity index (χ3v) is 2.79. The normalized spacial score (nSPS) is 13.9. The van der Waals surface area contributed by atoms with E-state index in [1.54, 1.807) is 6.08 Å². The van der Waals surface area contributed by atoms with Crippen molar-refractivity contribution in [3.8, 4) is 0 Å². The van der Waals surface area contributed by atoms with Gasteiger partial charge in [-0.1, -0.05) is 67.3 Å². The lowest BCUT2D eigenvalue weighted by Crippen LogP contribution is -1.97. The van der Waals surface area contributed by atoms with Gasteiger partial charge in [-0.3, -0.25) is 0 Å². The highest BCUT2D eigenvalue weighted by Crippen LogP contribution is 2.18. The van der Waals surface area contributed by atoms with Crippen molar-refractivity contribution in [2.24, 2.45) is 5.73 Å². The van der Waals surface area contributed by atoms with Crippen LogP contribution in [0.4, 0.5) is 0 Å². The van der Waals surface area contributed by atoms with E-state index in [4.69, 9.17) is 5.73 Å². The highest BCUT2D eigenvalue weighted by atomic mass is 14.6. The maximum absolute atomic E-state index is 6.14. The fourth-order valence-electron chi connectivity index (χ4n) is 1.75. The molecule has 0 aliphatic carbocycles. The van der Waals surface area contributed by atoms with Gasteiger partial charge in [-0.05, 0) is 36.6 Å². The van der Waals surface area contributed by atoms with Crippen LogP contribution in [0.15, 0.2) is 84.5 Å². The monoisotopic (exact) mass is 251 g/mol. The molecular formula is C18H21N. The summed E-state index contributed by atoms with van der Waals surface area (Å²) in [6.07, 6.45) is 11.8. The Kier molecular flexibility index (Phi) is 6.17. The average Bonchev–Trinajstić information content (AvgIpc) is 2.47. The third kappa shape index (κ3) is 4.47. The number of allylic oxidation sites excluding steroid dienone is 8. The van der Waals surface area contributed by atoms with Gasteiger partial charge in [-0.2, -0.15) is 0 Å². The molecule has 1 heteroatoms. The standard InChI is InChI=1S/C18H21N/c1-4-7-11-15(5-2)16(6-3)14-18(19)17-12-9-8-10-13-17/h4-14H,1,19H2,2-3H3/b11-7-,15-5+,16-6+,18-14-. The molecule has 0 saturated heterocycles. The molecule has 0 saturated carbocycles. The largest absolute Gasteiger partial charge is 0.398 e. The number of hydrogen-bond acceptors (Lipinski definition) is 1. The molecule has 19 heavy (non-hydrogen) atoms. The van der Waals surface area contributed by atoms with Crippen molar-refractivity contribution < 1.29 is 0 Å². The minimum absolute atomic E-state index is 0.764. The van der Waals surface area contributed by atoms with E-state index in [2.05, 4.69) is 18.7 Å².